The summed E-state index contributed by atoms with van der Waals surface area (Å²) >= 11 is 0. The van der Waals surface area contributed by atoms with Gasteiger partial charge in [0, 0.05) is 26.1 Å². The minimum atomic E-state index is -0.294. The topological polar surface area (TPSA) is 73.8 Å². The Labute approximate surface area is 128 Å². The van der Waals surface area contributed by atoms with E-state index in [1.165, 1.54) is 9.13 Å². The van der Waals surface area contributed by atoms with Crippen molar-refractivity contribution in [3.63, 3.8) is 0 Å². The van der Waals surface area contributed by atoms with Crippen LogP contribution in [0.25, 0.3) is 11.2 Å². The first kappa shape index (κ1) is 15.0. The molecule has 7 heteroatoms. The van der Waals surface area contributed by atoms with Gasteiger partial charge in [-0.3, -0.25) is 13.9 Å². The van der Waals surface area contributed by atoms with Crippen molar-refractivity contribution < 1.29 is 0 Å². The molecular weight excluding hydrogens is 282 g/mol. The Morgan fingerprint density at radius 1 is 1.14 bits per heavy atom. The summed E-state index contributed by atoms with van der Waals surface area (Å²) in [5.74, 6) is 1.29. The van der Waals surface area contributed by atoms with Crippen molar-refractivity contribution >= 4 is 11.2 Å². The van der Waals surface area contributed by atoms with Crippen molar-refractivity contribution in [3.8, 4) is 0 Å². The number of aromatic nitrogens is 4. The van der Waals surface area contributed by atoms with Crippen LogP contribution < -0.4 is 16.6 Å². The van der Waals surface area contributed by atoms with Gasteiger partial charge in [-0.15, -0.1) is 0 Å². The van der Waals surface area contributed by atoms with Crippen LogP contribution in [0.4, 0.5) is 0 Å². The molecule has 120 valence electrons. The van der Waals surface area contributed by atoms with Gasteiger partial charge in [-0.1, -0.05) is 0 Å². The molecule has 1 aliphatic rings. The zero-order chi connectivity index (χ0) is 15.9. The average molecular weight is 305 g/mol. The maximum absolute atomic E-state index is 12.7. The first-order valence-electron chi connectivity index (χ1n) is 8.00. The number of rotatable bonds is 3. The highest BCUT2D eigenvalue weighted by Gasteiger charge is 2.25. The molecule has 1 saturated heterocycles. The summed E-state index contributed by atoms with van der Waals surface area (Å²) in [6.07, 6.45) is 2.03. The second kappa shape index (κ2) is 5.72. The molecule has 3 heterocycles. The molecule has 0 spiro atoms. The first-order valence-corrected chi connectivity index (χ1v) is 8.00. The molecule has 0 radical (unpaired) electrons. The summed E-state index contributed by atoms with van der Waals surface area (Å²) in [4.78, 5) is 29.7. The van der Waals surface area contributed by atoms with Gasteiger partial charge in [-0.25, -0.2) is 9.78 Å². The second-order valence-electron chi connectivity index (χ2n) is 5.80. The summed E-state index contributed by atoms with van der Waals surface area (Å²) in [6.45, 7) is 6.83. The van der Waals surface area contributed by atoms with Crippen LogP contribution >= 0.6 is 0 Å². The Bertz CT molecular complexity index is 808. The van der Waals surface area contributed by atoms with Crippen LogP contribution in [0.3, 0.4) is 0 Å². The molecule has 0 saturated carbocycles. The predicted molar refractivity (Wildman–Crippen MR) is 85.4 cm³/mol. The van der Waals surface area contributed by atoms with E-state index >= 15 is 0 Å². The molecule has 1 aliphatic heterocycles. The molecule has 0 aromatic carbocycles. The number of nitrogens with zero attached hydrogens (tertiary/aromatic N) is 4. The maximum Gasteiger partial charge on any atom is 0.332 e. The van der Waals surface area contributed by atoms with E-state index in [1.54, 1.807) is 7.05 Å². The lowest BCUT2D eigenvalue weighted by atomic mass is 9.97. The number of aryl methyl sites for hydroxylation is 2. The molecular formula is C15H23N5O2. The number of hydrogen-bond donors (Lipinski definition) is 1. The van der Waals surface area contributed by atoms with Gasteiger partial charge in [-0.2, -0.15) is 0 Å². The SMILES string of the molecule is CCn1c(=O)c2c(nc(C3CCNCC3)n2CC)n(C)c1=O. The van der Waals surface area contributed by atoms with Gasteiger partial charge >= 0.3 is 5.69 Å². The van der Waals surface area contributed by atoms with Crippen LogP contribution in [0.5, 0.6) is 0 Å². The third-order valence-corrected chi connectivity index (χ3v) is 4.60. The number of piperidine rings is 1. The highest BCUT2D eigenvalue weighted by atomic mass is 16.2. The van der Waals surface area contributed by atoms with Crippen molar-refractivity contribution in [1.29, 1.82) is 0 Å². The number of hydrogen-bond acceptors (Lipinski definition) is 4. The smallest absolute Gasteiger partial charge is 0.322 e. The molecule has 0 atom stereocenters. The summed E-state index contributed by atoms with van der Waals surface area (Å²) < 4.78 is 4.78. The molecule has 0 unspecified atom stereocenters. The second-order valence-corrected chi connectivity index (χ2v) is 5.80. The maximum atomic E-state index is 12.7. The van der Waals surface area contributed by atoms with Crippen molar-refractivity contribution in [2.75, 3.05) is 13.1 Å². The first-order chi connectivity index (χ1) is 10.6. The number of fused-ring (bicyclic) bond motifs is 1. The molecule has 1 fully saturated rings. The van der Waals surface area contributed by atoms with E-state index in [0.29, 0.717) is 30.2 Å². The molecule has 3 rings (SSSR count). The zero-order valence-electron chi connectivity index (χ0n) is 13.4. The lowest BCUT2D eigenvalue weighted by Crippen LogP contribution is -2.39. The van der Waals surface area contributed by atoms with Crippen molar-refractivity contribution in [2.24, 2.45) is 7.05 Å². The van der Waals surface area contributed by atoms with E-state index in [4.69, 9.17) is 0 Å². The van der Waals surface area contributed by atoms with Crippen LogP contribution in [0.1, 0.15) is 38.4 Å². The number of imidazole rings is 1. The minimum absolute atomic E-state index is 0.227. The van der Waals surface area contributed by atoms with Crippen LogP contribution in [0, 0.1) is 0 Å². The van der Waals surface area contributed by atoms with Crippen LogP contribution in [-0.4, -0.2) is 31.8 Å². The third kappa shape index (κ3) is 2.11. The van der Waals surface area contributed by atoms with Crippen LogP contribution in [0.15, 0.2) is 9.59 Å². The van der Waals surface area contributed by atoms with E-state index in [-0.39, 0.29) is 11.2 Å². The normalized spacial score (nSPS) is 16.5. The quantitative estimate of drug-likeness (QED) is 0.891. The summed E-state index contributed by atoms with van der Waals surface area (Å²) in [6, 6.07) is 0. The third-order valence-electron chi connectivity index (χ3n) is 4.60. The fourth-order valence-corrected chi connectivity index (χ4v) is 3.38. The van der Waals surface area contributed by atoms with E-state index in [9.17, 15) is 9.59 Å². The summed E-state index contributed by atoms with van der Waals surface area (Å²) in [7, 11) is 1.69. The number of nitrogens with one attached hydrogen (secondary N) is 1. The van der Waals surface area contributed by atoms with Crippen LogP contribution in [-0.2, 0) is 20.1 Å². The van der Waals surface area contributed by atoms with Gasteiger partial charge in [0.25, 0.3) is 5.56 Å². The van der Waals surface area contributed by atoms with Gasteiger partial charge < -0.3 is 9.88 Å². The van der Waals surface area contributed by atoms with Gasteiger partial charge in [0.2, 0.25) is 0 Å². The van der Waals surface area contributed by atoms with E-state index in [0.717, 1.165) is 31.8 Å². The van der Waals surface area contributed by atoms with Gasteiger partial charge in [0.05, 0.1) is 0 Å². The lowest BCUT2D eigenvalue weighted by Gasteiger charge is -2.22. The Kier molecular flexibility index (Phi) is 3.90. The zero-order valence-corrected chi connectivity index (χ0v) is 13.4. The Hall–Kier alpha value is -1.89. The molecule has 0 aliphatic carbocycles. The van der Waals surface area contributed by atoms with Crippen molar-refractivity contribution in [3.05, 3.63) is 26.7 Å². The largest absolute Gasteiger partial charge is 0.332 e. The Balaban J connectivity index is 2.32. The Morgan fingerprint density at radius 3 is 2.36 bits per heavy atom. The molecule has 2 aromatic rings. The van der Waals surface area contributed by atoms with Crippen molar-refractivity contribution in [2.45, 2.75) is 45.7 Å². The summed E-state index contributed by atoms with van der Waals surface area (Å²) in [5, 5.41) is 3.35. The highest BCUT2D eigenvalue weighted by Crippen LogP contribution is 2.26. The van der Waals surface area contributed by atoms with E-state index in [1.807, 2.05) is 18.4 Å². The van der Waals surface area contributed by atoms with Gasteiger partial charge in [-0.05, 0) is 39.8 Å². The highest BCUT2D eigenvalue weighted by molar-refractivity contribution is 5.71. The van der Waals surface area contributed by atoms with Crippen LogP contribution in [0.2, 0.25) is 0 Å². The van der Waals surface area contributed by atoms with E-state index < -0.39 is 0 Å². The molecule has 7 nitrogen and oxygen atoms in total. The summed E-state index contributed by atoms with van der Waals surface area (Å²) in [5.41, 5.74) is 0.544. The Morgan fingerprint density at radius 2 is 1.77 bits per heavy atom. The van der Waals surface area contributed by atoms with E-state index in [2.05, 4.69) is 10.3 Å². The van der Waals surface area contributed by atoms with Gasteiger partial charge in [0.1, 0.15) is 5.82 Å². The molecule has 2 aromatic heterocycles. The molecule has 1 N–H and O–H groups in total. The molecule has 0 amide bonds. The fourth-order valence-electron chi connectivity index (χ4n) is 3.38. The fraction of sp³-hybridized carbons (Fsp3) is 0.667. The average Bonchev–Trinajstić information content (AvgIpc) is 2.94. The molecule has 22 heavy (non-hydrogen) atoms. The van der Waals surface area contributed by atoms with Gasteiger partial charge in [0.15, 0.2) is 11.2 Å². The van der Waals surface area contributed by atoms with Crippen molar-refractivity contribution in [1.82, 2.24) is 24.0 Å². The predicted octanol–water partition coefficient (Wildman–Crippen LogP) is 0.403. The molecule has 0 bridgehead atoms. The monoisotopic (exact) mass is 305 g/mol. The lowest BCUT2D eigenvalue weighted by molar-refractivity contribution is 0.434. The minimum Gasteiger partial charge on any atom is -0.322 e. The standard InChI is InChI=1S/C15H23N5O2/c1-4-19-11-13(17-12(19)10-6-8-16-9-7-10)18(3)15(22)20(5-2)14(11)21/h10,16H,4-9H2,1-3H3.